The average molecular weight is 492 g/mol. The van der Waals surface area contributed by atoms with E-state index >= 15 is 0 Å². The average Bonchev–Trinajstić information content (AvgIpc) is 3.09. The van der Waals surface area contributed by atoms with Crippen molar-refractivity contribution >= 4 is 48.9 Å². The number of aromatic nitrogens is 1. The second-order valence-corrected chi connectivity index (χ2v) is 10.5. The Morgan fingerprint density at radius 2 is 1.91 bits per heavy atom. The normalized spacial score (nSPS) is 13.2. The Hall–Kier alpha value is -3.05. The topological polar surface area (TPSA) is 107 Å². The van der Waals surface area contributed by atoms with E-state index in [2.05, 4.69) is 5.32 Å². The molecule has 1 N–H and O–H groups in total. The third kappa shape index (κ3) is 5.14. The molecule has 2 heterocycles. The zero-order chi connectivity index (χ0) is 23.6. The van der Waals surface area contributed by atoms with E-state index in [0.717, 1.165) is 27.8 Å². The van der Waals surface area contributed by atoms with Gasteiger partial charge in [0.05, 0.1) is 22.2 Å². The van der Waals surface area contributed by atoms with Crippen molar-refractivity contribution in [2.45, 2.75) is 26.3 Å². The smallest absolute Gasteiger partial charge is 0.308 e. The van der Waals surface area contributed by atoms with Crippen LogP contribution in [0.25, 0.3) is 10.2 Å². The lowest BCUT2D eigenvalue weighted by molar-refractivity contribution is -0.116. The number of amides is 1. The number of ether oxygens (including phenoxy) is 2. The largest absolute Gasteiger partial charge is 0.486 e. The van der Waals surface area contributed by atoms with Gasteiger partial charge in [0.1, 0.15) is 13.2 Å². The summed E-state index contributed by atoms with van der Waals surface area (Å²) in [6.07, 6.45) is 1.60. The molecule has 0 fully saturated rings. The van der Waals surface area contributed by atoms with Gasteiger partial charge in [-0.05, 0) is 43.7 Å². The van der Waals surface area contributed by atoms with E-state index in [-0.39, 0.29) is 23.7 Å². The van der Waals surface area contributed by atoms with Gasteiger partial charge in [0.25, 0.3) is 0 Å². The zero-order valence-electron chi connectivity index (χ0n) is 18.4. The Kier molecular flexibility index (Phi) is 6.61. The summed E-state index contributed by atoms with van der Waals surface area (Å²) >= 11 is 1.14. The van der Waals surface area contributed by atoms with Gasteiger partial charge in [-0.3, -0.25) is 18.5 Å². The van der Waals surface area contributed by atoms with Crippen LogP contribution in [0.15, 0.2) is 41.2 Å². The molecule has 11 heteroatoms. The number of sulfonamides is 1. The Labute approximate surface area is 195 Å². The summed E-state index contributed by atoms with van der Waals surface area (Å²) in [5.74, 6) is 0.848. The first-order valence-electron chi connectivity index (χ1n) is 10.6. The van der Waals surface area contributed by atoms with Crippen molar-refractivity contribution < 1.29 is 22.7 Å². The van der Waals surface area contributed by atoms with Crippen LogP contribution in [-0.4, -0.2) is 44.9 Å². The Morgan fingerprint density at radius 1 is 1.15 bits per heavy atom. The summed E-state index contributed by atoms with van der Waals surface area (Å²) in [6, 6.07) is 10.3. The summed E-state index contributed by atoms with van der Waals surface area (Å²) in [4.78, 5) is 24.4. The maximum absolute atomic E-state index is 12.5. The van der Waals surface area contributed by atoms with Gasteiger partial charge in [0.2, 0.25) is 15.9 Å². The predicted molar refractivity (Wildman–Crippen MR) is 129 cm³/mol. The minimum Gasteiger partial charge on any atom is -0.486 e. The lowest BCUT2D eigenvalue weighted by Gasteiger charge is -2.25. The van der Waals surface area contributed by atoms with E-state index < -0.39 is 10.0 Å². The number of nitrogens with zero attached hydrogens (tertiary/aromatic N) is 2. The maximum Gasteiger partial charge on any atom is 0.308 e. The first-order valence-corrected chi connectivity index (χ1v) is 13.2. The van der Waals surface area contributed by atoms with Gasteiger partial charge >= 0.3 is 4.87 Å². The molecule has 0 atom stereocenters. The van der Waals surface area contributed by atoms with E-state index in [1.807, 2.05) is 13.0 Å². The monoisotopic (exact) mass is 491 g/mol. The highest BCUT2D eigenvalue weighted by atomic mass is 32.2. The molecule has 1 aliphatic heterocycles. The fourth-order valence-corrected chi connectivity index (χ4v) is 5.68. The number of carbonyl (C=O) groups is 1. The van der Waals surface area contributed by atoms with Crippen LogP contribution in [0.1, 0.15) is 19.8 Å². The summed E-state index contributed by atoms with van der Waals surface area (Å²) in [5.41, 5.74) is 1.90. The molecule has 3 aromatic rings. The van der Waals surface area contributed by atoms with E-state index in [1.54, 1.807) is 34.9 Å². The van der Waals surface area contributed by atoms with Crippen LogP contribution in [0.2, 0.25) is 0 Å². The molecule has 1 aromatic heterocycles. The van der Waals surface area contributed by atoms with Crippen molar-refractivity contribution in [1.82, 2.24) is 4.57 Å². The van der Waals surface area contributed by atoms with Crippen LogP contribution in [-0.2, 0) is 21.4 Å². The van der Waals surface area contributed by atoms with Crippen LogP contribution in [0.5, 0.6) is 11.5 Å². The fraction of sp³-hybridized carbons (Fsp3) is 0.364. The molecule has 33 heavy (non-hydrogen) atoms. The van der Waals surface area contributed by atoms with E-state index in [9.17, 15) is 18.0 Å². The minimum atomic E-state index is -3.56. The van der Waals surface area contributed by atoms with Gasteiger partial charge in [0.15, 0.2) is 11.5 Å². The highest BCUT2D eigenvalue weighted by molar-refractivity contribution is 7.92. The van der Waals surface area contributed by atoms with Crippen LogP contribution < -0.4 is 24.0 Å². The van der Waals surface area contributed by atoms with E-state index in [4.69, 9.17) is 9.47 Å². The van der Waals surface area contributed by atoms with Gasteiger partial charge in [-0.2, -0.15) is 0 Å². The fourth-order valence-electron chi connectivity index (χ4n) is 3.72. The first-order chi connectivity index (χ1) is 15.8. The lowest BCUT2D eigenvalue weighted by Crippen LogP contribution is -2.31. The molecule has 0 radical (unpaired) electrons. The molecule has 176 valence electrons. The van der Waals surface area contributed by atoms with Crippen molar-refractivity contribution in [1.29, 1.82) is 0 Å². The highest BCUT2D eigenvalue weighted by Crippen LogP contribution is 2.34. The zero-order valence-corrected chi connectivity index (χ0v) is 20.0. The van der Waals surface area contributed by atoms with Gasteiger partial charge in [-0.1, -0.05) is 11.3 Å². The van der Waals surface area contributed by atoms with Gasteiger partial charge in [0, 0.05) is 31.3 Å². The number of aryl methyl sites for hydroxylation is 1. The molecule has 0 saturated carbocycles. The number of hydrogen-bond acceptors (Lipinski definition) is 7. The number of rotatable bonds is 8. The second-order valence-electron chi connectivity index (χ2n) is 7.61. The number of fused-ring (bicyclic) bond motifs is 2. The molecule has 0 unspecified atom stereocenters. The summed E-state index contributed by atoms with van der Waals surface area (Å²) in [7, 11) is -3.56. The molecule has 1 aliphatic rings. The van der Waals surface area contributed by atoms with Crippen molar-refractivity contribution in [2.24, 2.45) is 0 Å². The summed E-state index contributed by atoms with van der Waals surface area (Å²) in [6.45, 7) is 3.50. The van der Waals surface area contributed by atoms with Crippen molar-refractivity contribution in [3.63, 3.8) is 0 Å². The minimum absolute atomic E-state index is 0.0315. The predicted octanol–water partition coefficient (Wildman–Crippen LogP) is 3.04. The van der Waals surface area contributed by atoms with Gasteiger partial charge in [-0.25, -0.2) is 8.42 Å². The lowest BCUT2D eigenvalue weighted by atomic mass is 10.2. The third-order valence-electron chi connectivity index (χ3n) is 5.25. The van der Waals surface area contributed by atoms with E-state index in [1.165, 1.54) is 4.31 Å². The quantitative estimate of drug-likeness (QED) is 0.519. The van der Waals surface area contributed by atoms with Crippen LogP contribution >= 0.6 is 11.3 Å². The number of hydrogen-bond donors (Lipinski definition) is 1. The number of nitrogens with one attached hydrogen (secondary N) is 1. The molecular formula is C22H25N3O6S2. The maximum atomic E-state index is 12.5. The molecule has 0 spiro atoms. The molecule has 0 aliphatic carbocycles. The SMILES string of the molecule is CCn1c(=O)sc2cc(NC(=O)CCCN(c3ccc4c(c3)OCCO4)S(C)(=O)=O)ccc21. The number of carbonyl (C=O) groups excluding carboxylic acids is 1. The van der Waals surface area contributed by atoms with E-state index in [0.29, 0.717) is 49.1 Å². The highest BCUT2D eigenvalue weighted by Gasteiger charge is 2.21. The Balaban J connectivity index is 1.40. The molecule has 9 nitrogen and oxygen atoms in total. The first kappa shape index (κ1) is 23.1. The van der Waals surface area contributed by atoms with Crippen molar-refractivity contribution in [3.8, 4) is 11.5 Å². The van der Waals surface area contributed by atoms with Gasteiger partial charge in [-0.15, -0.1) is 0 Å². The molecule has 1 amide bonds. The van der Waals surface area contributed by atoms with Gasteiger partial charge < -0.3 is 14.8 Å². The molecule has 0 bridgehead atoms. The van der Waals surface area contributed by atoms with Crippen LogP contribution in [0.3, 0.4) is 0 Å². The molecule has 2 aromatic carbocycles. The summed E-state index contributed by atoms with van der Waals surface area (Å²) in [5, 5.41) is 2.83. The third-order valence-corrected chi connectivity index (χ3v) is 7.38. The molecule has 0 saturated heterocycles. The van der Waals surface area contributed by atoms with Crippen LogP contribution in [0, 0.1) is 0 Å². The molecular weight excluding hydrogens is 466 g/mol. The number of thiazole rings is 1. The Morgan fingerprint density at radius 3 is 2.64 bits per heavy atom. The Bertz CT molecular complexity index is 1350. The summed E-state index contributed by atoms with van der Waals surface area (Å²) < 4.78 is 39.5. The van der Waals surface area contributed by atoms with Crippen molar-refractivity contribution in [2.75, 3.05) is 35.6 Å². The van der Waals surface area contributed by atoms with Crippen LogP contribution in [0.4, 0.5) is 11.4 Å². The number of anilines is 2. The second kappa shape index (κ2) is 9.44. The standard InChI is InChI=1S/C22H25N3O6S2/c1-3-24-17-8-6-15(13-20(17)32-22(24)27)23-21(26)5-4-10-25(33(2,28)29)16-7-9-18-19(14-16)31-12-11-30-18/h6-9,13-14H,3-5,10-12H2,1-2H3,(H,23,26). The number of benzene rings is 2. The van der Waals surface area contributed by atoms with Crippen molar-refractivity contribution in [3.05, 3.63) is 46.1 Å². The molecule has 4 rings (SSSR count).